The van der Waals surface area contributed by atoms with E-state index in [0.717, 1.165) is 0 Å². The Balaban J connectivity index is 2.28. The maximum atomic E-state index is 12.3. The molecule has 2 aromatic carbocycles. The zero-order valence-electron chi connectivity index (χ0n) is 14.7. The lowest BCUT2D eigenvalue weighted by Gasteiger charge is -2.12. The lowest BCUT2D eigenvalue weighted by atomic mass is 10.1. The predicted molar refractivity (Wildman–Crippen MR) is 106 cm³/mol. The summed E-state index contributed by atoms with van der Waals surface area (Å²) in [4.78, 5) is 23.2. The highest BCUT2D eigenvalue weighted by Gasteiger charge is 2.14. The van der Waals surface area contributed by atoms with Gasteiger partial charge in [0, 0.05) is 5.69 Å². The number of nitrogens with zero attached hydrogens (tertiary/aromatic N) is 1. The number of primary amides is 1. The van der Waals surface area contributed by atoms with Crippen molar-refractivity contribution < 1.29 is 24.2 Å². The molecule has 0 saturated heterocycles. The molecule has 144 valence electrons. The van der Waals surface area contributed by atoms with E-state index in [0.29, 0.717) is 15.7 Å². The SMILES string of the molecule is COc1cc(/C=C(\C#N)C(=O)Nc2ccc(O)cc2)cc(Br)c1OCC(N)=O. The summed E-state index contributed by atoms with van der Waals surface area (Å²) in [5, 5.41) is 21.2. The van der Waals surface area contributed by atoms with E-state index in [1.165, 1.54) is 37.5 Å². The number of rotatable bonds is 7. The molecule has 2 rings (SSSR count). The zero-order chi connectivity index (χ0) is 20.7. The van der Waals surface area contributed by atoms with Crippen molar-refractivity contribution in [2.45, 2.75) is 0 Å². The third-order valence-corrected chi connectivity index (χ3v) is 4.00. The normalized spacial score (nSPS) is 10.7. The molecule has 0 aromatic heterocycles. The van der Waals surface area contributed by atoms with Crippen LogP contribution in [-0.2, 0) is 9.59 Å². The van der Waals surface area contributed by atoms with E-state index < -0.39 is 11.8 Å². The van der Waals surface area contributed by atoms with E-state index in [1.54, 1.807) is 12.1 Å². The van der Waals surface area contributed by atoms with E-state index in [4.69, 9.17) is 15.2 Å². The maximum Gasteiger partial charge on any atom is 0.266 e. The number of anilines is 1. The number of hydrogen-bond acceptors (Lipinski definition) is 6. The fourth-order valence-corrected chi connectivity index (χ4v) is 2.74. The molecular formula is C19H16BrN3O5. The minimum absolute atomic E-state index is 0.0598. The molecule has 0 radical (unpaired) electrons. The third-order valence-electron chi connectivity index (χ3n) is 3.41. The van der Waals surface area contributed by atoms with Crippen molar-refractivity contribution in [1.82, 2.24) is 0 Å². The fraction of sp³-hybridized carbons (Fsp3) is 0.105. The highest BCUT2D eigenvalue weighted by molar-refractivity contribution is 9.10. The van der Waals surface area contributed by atoms with Crippen LogP contribution < -0.4 is 20.5 Å². The summed E-state index contributed by atoms with van der Waals surface area (Å²) in [7, 11) is 1.41. The number of carbonyl (C=O) groups excluding carboxylic acids is 2. The number of halogens is 1. The minimum atomic E-state index is -0.643. The summed E-state index contributed by atoms with van der Waals surface area (Å²) in [5.74, 6) is -0.638. The van der Waals surface area contributed by atoms with Crippen molar-refractivity contribution in [3.05, 3.63) is 52.0 Å². The van der Waals surface area contributed by atoms with Gasteiger partial charge in [0.15, 0.2) is 18.1 Å². The van der Waals surface area contributed by atoms with Crippen LogP contribution in [0.25, 0.3) is 6.08 Å². The Hall–Kier alpha value is -3.51. The van der Waals surface area contributed by atoms with Crippen LogP contribution in [0, 0.1) is 11.3 Å². The Morgan fingerprint density at radius 2 is 2.00 bits per heavy atom. The molecule has 0 spiro atoms. The number of nitriles is 1. The van der Waals surface area contributed by atoms with Crippen LogP contribution in [-0.4, -0.2) is 30.6 Å². The first-order chi connectivity index (χ1) is 13.3. The number of phenols is 1. The number of amides is 2. The van der Waals surface area contributed by atoms with Crippen LogP contribution in [0.1, 0.15) is 5.56 Å². The zero-order valence-corrected chi connectivity index (χ0v) is 16.3. The average molecular weight is 446 g/mol. The second kappa shape index (κ2) is 9.43. The number of methoxy groups -OCH3 is 1. The Labute approximate surface area is 169 Å². The van der Waals surface area contributed by atoms with Gasteiger partial charge < -0.3 is 25.6 Å². The van der Waals surface area contributed by atoms with Crippen LogP contribution in [0.5, 0.6) is 17.2 Å². The number of phenolic OH excluding ortho intramolecular Hbond substituents is 1. The quantitative estimate of drug-likeness (QED) is 0.340. The number of ether oxygens (including phenoxy) is 2. The Morgan fingerprint density at radius 3 is 2.57 bits per heavy atom. The molecule has 28 heavy (non-hydrogen) atoms. The number of nitrogens with two attached hydrogens (primary N) is 1. The molecule has 0 aliphatic heterocycles. The topological polar surface area (TPSA) is 135 Å². The molecular weight excluding hydrogens is 430 g/mol. The van der Waals surface area contributed by atoms with Gasteiger partial charge in [0.05, 0.1) is 11.6 Å². The van der Waals surface area contributed by atoms with Crippen LogP contribution in [0.3, 0.4) is 0 Å². The first-order valence-corrected chi connectivity index (χ1v) is 8.64. The van der Waals surface area contributed by atoms with E-state index in [1.807, 2.05) is 6.07 Å². The summed E-state index contributed by atoms with van der Waals surface area (Å²) in [6.45, 7) is -0.331. The molecule has 0 bridgehead atoms. The molecule has 2 amide bonds. The summed E-state index contributed by atoms with van der Waals surface area (Å²) >= 11 is 3.30. The Morgan fingerprint density at radius 1 is 1.32 bits per heavy atom. The van der Waals surface area contributed by atoms with E-state index >= 15 is 0 Å². The van der Waals surface area contributed by atoms with E-state index in [-0.39, 0.29) is 29.4 Å². The molecule has 9 heteroatoms. The van der Waals surface area contributed by atoms with Gasteiger partial charge in [-0.05, 0) is 64.0 Å². The highest BCUT2D eigenvalue weighted by Crippen LogP contribution is 2.37. The van der Waals surface area contributed by atoms with E-state index in [9.17, 15) is 20.0 Å². The molecule has 0 unspecified atom stereocenters. The van der Waals surface area contributed by atoms with Crippen molar-refractivity contribution in [1.29, 1.82) is 5.26 Å². The third kappa shape index (κ3) is 5.49. The van der Waals surface area contributed by atoms with Gasteiger partial charge in [-0.3, -0.25) is 9.59 Å². The molecule has 0 saturated carbocycles. The van der Waals surface area contributed by atoms with Gasteiger partial charge in [-0.1, -0.05) is 0 Å². The Bertz CT molecular complexity index is 965. The van der Waals surface area contributed by atoms with Crippen molar-refractivity contribution >= 4 is 39.5 Å². The molecule has 0 aliphatic carbocycles. The van der Waals surface area contributed by atoms with Crippen LogP contribution in [0.15, 0.2) is 46.4 Å². The van der Waals surface area contributed by atoms with Gasteiger partial charge in [0.1, 0.15) is 17.4 Å². The van der Waals surface area contributed by atoms with Gasteiger partial charge in [0.25, 0.3) is 11.8 Å². The summed E-state index contributed by atoms with van der Waals surface area (Å²) < 4.78 is 11.0. The first-order valence-electron chi connectivity index (χ1n) is 7.85. The number of hydrogen-bond donors (Lipinski definition) is 3. The maximum absolute atomic E-state index is 12.3. The molecule has 0 heterocycles. The molecule has 4 N–H and O–H groups in total. The number of nitrogens with one attached hydrogen (secondary N) is 1. The second-order valence-corrected chi connectivity index (χ2v) is 6.31. The summed E-state index contributed by atoms with van der Waals surface area (Å²) in [5.41, 5.74) is 5.85. The average Bonchev–Trinajstić information content (AvgIpc) is 2.66. The van der Waals surface area contributed by atoms with Crippen LogP contribution in [0.4, 0.5) is 5.69 Å². The summed E-state index contributed by atoms with van der Waals surface area (Å²) in [6.07, 6.45) is 1.38. The van der Waals surface area contributed by atoms with Gasteiger partial charge in [0.2, 0.25) is 0 Å². The van der Waals surface area contributed by atoms with E-state index in [2.05, 4.69) is 21.2 Å². The Kier molecular flexibility index (Phi) is 7.01. The van der Waals surface area contributed by atoms with Crippen molar-refractivity contribution in [2.75, 3.05) is 19.0 Å². The minimum Gasteiger partial charge on any atom is -0.508 e. The summed E-state index contributed by atoms with van der Waals surface area (Å²) in [6, 6.07) is 10.8. The van der Waals surface area contributed by atoms with Gasteiger partial charge in [-0.15, -0.1) is 0 Å². The lowest BCUT2D eigenvalue weighted by molar-refractivity contribution is -0.120. The van der Waals surface area contributed by atoms with Crippen LogP contribution in [0.2, 0.25) is 0 Å². The number of carbonyl (C=O) groups is 2. The lowest BCUT2D eigenvalue weighted by Crippen LogP contribution is -2.20. The van der Waals surface area contributed by atoms with Crippen molar-refractivity contribution in [3.63, 3.8) is 0 Å². The molecule has 0 atom stereocenters. The molecule has 0 fully saturated rings. The molecule has 0 aliphatic rings. The first kappa shape index (κ1) is 20.8. The molecule has 8 nitrogen and oxygen atoms in total. The fourth-order valence-electron chi connectivity index (χ4n) is 2.16. The number of benzene rings is 2. The standard InChI is InChI=1S/C19H16BrN3O5/c1-27-16-8-11(7-15(20)18(16)28-10-17(22)25)6-12(9-21)19(26)23-13-2-4-14(24)5-3-13/h2-8,24H,10H2,1H3,(H2,22,25)(H,23,26)/b12-6+. The molecule has 2 aromatic rings. The van der Waals surface area contributed by atoms with Crippen molar-refractivity contribution in [2.24, 2.45) is 5.73 Å². The van der Waals surface area contributed by atoms with Crippen LogP contribution >= 0.6 is 15.9 Å². The monoisotopic (exact) mass is 445 g/mol. The van der Waals surface area contributed by atoms with Crippen molar-refractivity contribution in [3.8, 4) is 23.3 Å². The number of aromatic hydroxyl groups is 1. The van der Waals surface area contributed by atoms with Gasteiger partial charge >= 0.3 is 0 Å². The highest BCUT2D eigenvalue weighted by atomic mass is 79.9. The van der Waals surface area contributed by atoms with Gasteiger partial charge in [-0.25, -0.2) is 0 Å². The van der Waals surface area contributed by atoms with Gasteiger partial charge in [-0.2, -0.15) is 5.26 Å². The second-order valence-electron chi connectivity index (χ2n) is 5.46. The smallest absolute Gasteiger partial charge is 0.266 e. The predicted octanol–water partition coefficient (Wildman–Crippen LogP) is 2.57. The largest absolute Gasteiger partial charge is 0.508 e.